The Balaban J connectivity index is 1.83. The van der Waals surface area contributed by atoms with Gasteiger partial charge in [0.05, 0.1) is 12.7 Å². The molecule has 1 fully saturated rings. The fourth-order valence-electron chi connectivity index (χ4n) is 1.88. The van der Waals surface area contributed by atoms with Gasteiger partial charge in [-0.3, -0.25) is 4.79 Å². The predicted molar refractivity (Wildman–Crippen MR) is 60.9 cm³/mol. The normalized spacial score (nSPS) is 19.2. The van der Waals surface area contributed by atoms with Crippen LogP contribution in [-0.4, -0.2) is 25.6 Å². The molecule has 1 heterocycles. The standard InChI is InChI=1S/C13H15FO3/c14-12-8-10(9-15)3-4-13(12)17-7-5-11-2-1-6-16-11/h3-4,8-9,11H,1-2,5-7H2. The van der Waals surface area contributed by atoms with Crippen molar-refractivity contribution in [2.45, 2.75) is 25.4 Å². The van der Waals surface area contributed by atoms with E-state index in [9.17, 15) is 9.18 Å². The van der Waals surface area contributed by atoms with Crippen molar-refractivity contribution in [3.63, 3.8) is 0 Å². The third-order valence-electron chi connectivity index (χ3n) is 2.81. The van der Waals surface area contributed by atoms with E-state index in [0.29, 0.717) is 18.5 Å². The maximum atomic E-state index is 13.4. The van der Waals surface area contributed by atoms with E-state index in [1.54, 1.807) is 0 Å². The van der Waals surface area contributed by atoms with Gasteiger partial charge in [-0.15, -0.1) is 0 Å². The van der Waals surface area contributed by atoms with Crippen LogP contribution in [0.5, 0.6) is 5.75 Å². The average Bonchev–Trinajstić information content (AvgIpc) is 2.84. The van der Waals surface area contributed by atoms with Crippen LogP contribution in [0.15, 0.2) is 18.2 Å². The first-order valence-electron chi connectivity index (χ1n) is 5.79. The first-order chi connectivity index (χ1) is 8.29. The van der Waals surface area contributed by atoms with Crippen LogP contribution in [0.25, 0.3) is 0 Å². The zero-order valence-electron chi connectivity index (χ0n) is 9.52. The molecular formula is C13H15FO3. The van der Waals surface area contributed by atoms with Crippen molar-refractivity contribution >= 4 is 6.29 Å². The van der Waals surface area contributed by atoms with Gasteiger partial charge in [-0.1, -0.05) is 0 Å². The maximum Gasteiger partial charge on any atom is 0.165 e. The lowest BCUT2D eigenvalue weighted by Gasteiger charge is -2.11. The van der Waals surface area contributed by atoms with Crippen molar-refractivity contribution in [3.05, 3.63) is 29.6 Å². The van der Waals surface area contributed by atoms with E-state index in [1.165, 1.54) is 18.2 Å². The van der Waals surface area contributed by atoms with Crippen LogP contribution in [0.1, 0.15) is 29.6 Å². The number of hydrogen-bond acceptors (Lipinski definition) is 3. The van der Waals surface area contributed by atoms with Gasteiger partial charge in [-0.2, -0.15) is 0 Å². The van der Waals surface area contributed by atoms with E-state index in [2.05, 4.69) is 0 Å². The van der Waals surface area contributed by atoms with Crippen LogP contribution < -0.4 is 4.74 Å². The van der Waals surface area contributed by atoms with Gasteiger partial charge in [0.25, 0.3) is 0 Å². The zero-order valence-corrected chi connectivity index (χ0v) is 9.52. The molecule has 1 aliphatic heterocycles. The van der Waals surface area contributed by atoms with E-state index >= 15 is 0 Å². The lowest BCUT2D eigenvalue weighted by Crippen LogP contribution is -2.11. The Kier molecular flexibility index (Phi) is 4.09. The zero-order chi connectivity index (χ0) is 12.1. The predicted octanol–water partition coefficient (Wildman–Crippen LogP) is 2.59. The Hall–Kier alpha value is -1.42. The second-order valence-electron chi connectivity index (χ2n) is 4.08. The van der Waals surface area contributed by atoms with Crippen LogP contribution in [0.2, 0.25) is 0 Å². The first-order valence-corrected chi connectivity index (χ1v) is 5.79. The Bertz CT molecular complexity index is 386. The molecule has 3 nitrogen and oxygen atoms in total. The third-order valence-corrected chi connectivity index (χ3v) is 2.81. The van der Waals surface area contributed by atoms with Gasteiger partial charge in [-0.25, -0.2) is 4.39 Å². The number of halogens is 1. The molecule has 0 amide bonds. The lowest BCUT2D eigenvalue weighted by molar-refractivity contribution is 0.0897. The molecule has 1 atom stereocenters. The number of carbonyl (C=O) groups is 1. The highest BCUT2D eigenvalue weighted by Crippen LogP contribution is 2.19. The van der Waals surface area contributed by atoms with Gasteiger partial charge in [0.2, 0.25) is 0 Å². The van der Waals surface area contributed by atoms with E-state index in [4.69, 9.17) is 9.47 Å². The quantitative estimate of drug-likeness (QED) is 0.740. The number of aldehydes is 1. The van der Waals surface area contributed by atoms with Crippen LogP contribution in [-0.2, 0) is 4.74 Å². The van der Waals surface area contributed by atoms with E-state index in [-0.39, 0.29) is 11.9 Å². The topological polar surface area (TPSA) is 35.5 Å². The second kappa shape index (κ2) is 5.77. The molecular weight excluding hydrogens is 223 g/mol. The molecule has 1 saturated heterocycles. The van der Waals surface area contributed by atoms with Gasteiger partial charge in [-0.05, 0) is 31.0 Å². The molecule has 0 bridgehead atoms. The fourth-order valence-corrected chi connectivity index (χ4v) is 1.88. The monoisotopic (exact) mass is 238 g/mol. The summed E-state index contributed by atoms with van der Waals surface area (Å²) < 4.78 is 24.2. The Morgan fingerprint density at radius 1 is 1.53 bits per heavy atom. The third kappa shape index (κ3) is 3.27. The summed E-state index contributed by atoms with van der Waals surface area (Å²) in [6, 6.07) is 4.19. The van der Waals surface area contributed by atoms with Crippen molar-refractivity contribution in [1.82, 2.24) is 0 Å². The van der Waals surface area contributed by atoms with Crippen molar-refractivity contribution in [2.24, 2.45) is 0 Å². The number of ether oxygens (including phenoxy) is 2. The largest absolute Gasteiger partial charge is 0.490 e. The summed E-state index contributed by atoms with van der Waals surface area (Å²) in [5, 5.41) is 0. The Morgan fingerprint density at radius 3 is 3.06 bits per heavy atom. The van der Waals surface area contributed by atoms with E-state index in [0.717, 1.165) is 25.9 Å². The lowest BCUT2D eigenvalue weighted by atomic mass is 10.2. The van der Waals surface area contributed by atoms with E-state index in [1.807, 2.05) is 0 Å². The summed E-state index contributed by atoms with van der Waals surface area (Å²) in [4.78, 5) is 10.4. The van der Waals surface area contributed by atoms with Crippen molar-refractivity contribution in [3.8, 4) is 5.75 Å². The van der Waals surface area contributed by atoms with Gasteiger partial charge in [0, 0.05) is 18.6 Å². The number of hydrogen-bond donors (Lipinski definition) is 0. The van der Waals surface area contributed by atoms with Gasteiger partial charge >= 0.3 is 0 Å². The van der Waals surface area contributed by atoms with E-state index < -0.39 is 5.82 Å². The molecule has 2 rings (SSSR count). The van der Waals surface area contributed by atoms with Crippen LogP contribution in [0.3, 0.4) is 0 Å². The first kappa shape index (κ1) is 12.0. The smallest absolute Gasteiger partial charge is 0.165 e. The minimum Gasteiger partial charge on any atom is -0.490 e. The van der Waals surface area contributed by atoms with Crippen molar-refractivity contribution in [2.75, 3.05) is 13.2 Å². The summed E-state index contributed by atoms with van der Waals surface area (Å²) in [5.74, 6) is -0.310. The molecule has 0 N–H and O–H groups in total. The van der Waals surface area contributed by atoms with Gasteiger partial charge < -0.3 is 9.47 Å². The highest BCUT2D eigenvalue weighted by atomic mass is 19.1. The minimum atomic E-state index is -0.498. The Morgan fingerprint density at radius 2 is 2.41 bits per heavy atom. The summed E-state index contributed by atoms with van der Waals surface area (Å²) in [6.45, 7) is 1.25. The molecule has 1 aliphatic rings. The molecule has 1 unspecified atom stereocenters. The molecule has 0 aliphatic carbocycles. The Labute approximate surface area is 99.5 Å². The average molecular weight is 238 g/mol. The number of rotatable bonds is 5. The molecule has 17 heavy (non-hydrogen) atoms. The highest BCUT2D eigenvalue weighted by Gasteiger charge is 2.15. The SMILES string of the molecule is O=Cc1ccc(OCCC2CCCO2)c(F)c1. The molecule has 0 radical (unpaired) electrons. The number of carbonyl (C=O) groups excluding carboxylic acids is 1. The molecule has 0 spiro atoms. The summed E-state index contributed by atoms with van der Waals surface area (Å²) in [7, 11) is 0. The van der Waals surface area contributed by atoms with Crippen molar-refractivity contribution in [1.29, 1.82) is 0 Å². The molecule has 1 aromatic carbocycles. The van der Waals surface area contributed by atoms with Crippen LogP contribution in [0.4, 0.5) is 4.39 Å². The second-order valence-corrected chi connectivity index (χ2v) is 4.08. The van der Waals surface area contributed by atoms with Gasteiger partial charge in [0.15, 0.2) is 11.6 Å². The molecule has 0 saturated carbocycles. The van der Waals surface area contributed by atoms with Gasteiger partial charge in [0.1, 0.15) is 6.29 Å². The maximum absolute atomic E-state index is 13.4. The molecule has 1 aromatic rings. The van der Waals surface area contributed by atoms with Crippen LogP contribution >= 0.6 is 0 Å². The highest BCUT2D eigenvalue weighted by molar-refractivity contribution is 5.74. The summed E-state index contributed by atoms with van der Waals surface area (Å²) >= 11 is 0. The minimum absolute atomic E-state index is 0.189. The summed E-state index contributed by atoms with van der Waals surface area (Å²) in [5.41, 5.74) is 0.314. The molecule has 4 heteroatoms. The molecule has 0 aromatic heterocycles. The van der Waals surface area contributed by atoms with Crippen molar-refractivity contribution < 1.29 is 18.7 Å². The summed E-state index contributed by atoms with van der Waals surface area (Å²) in [6.07, 6.45) is 3.77. The fraction of sp³-hybridized carbons (Fsp3) is 0.462. The van der Waals surface area contributed by atoms with Crippen LogP contribution in [0, 0.1) is 5.82 Å². The molecule has 92 valence electrons. The number of benzene rings is 1.